The van der Waals surface area contributed by atoms with E-state index >= 15 is 0 Å². The minimum atomic E-state index is -4.61. The van der Waals surface area contributed by atoms with E-state index in [-0.39, 0.29) is 11.3 Å². The summed E-state index contributed by atoms with van der Waals surface area (Å²) in [6.07, 6.45) is -1.66. The molecule has 25 heavy (non-hydrogen) atoms. The first-order valence-corrected chi connectivity index (χ1v) is 7.40. The Morgan fingerprint density at radius 2 is 1.80 bits per heavy atom. The second-order valence-corrected chi connectivity index (χ2v) is 5.58. The molecule has 4 rings (SSSR count). The highest BCUT2D eigenvalue weighted by molar-refractivity contribution is 5.77. The minimum absolute atomic E-state index is 0.0698. The molecule has 5 nitrogen and oxygen atoms in total. The maximum absolute atomic E-state index is 13.1. The van der Waals surface area contributed by atoms with Crippen LogP contribution in [0.25, 0.3) is 22.5 Å². The number of alkyl halides is 3. The molecule has 1 aromatic carbocycles. The number of benzene rings is 1. The van der Waals surface area contributed by atoms with Gasteiger partial charge in [-0.2, -0.15) is 13.2 Å². The molecule has 0 radical (unpaired) electrons. The number of imidazole rings is 1. The predicted octanol–water partition coefficient (Wildman–Crippen LogP) is 3.36. The Kier molecular flexibility index (Phi) is 3.18. The minimum Gasteiger partial charge on any atom is -0.292 e. The zero-order valence-corrected chi connectivity index (χ0v) is 12.9. The van der Waals surface area contributed by atoms with E-state index in [4.69, 9.17) is 0 Å². The van der Waals surface area contributed by atoms with Crippen LogP contribution in [0.3, 0.4) is 0 Å². The number of pyridine rings is 1. The first-order chi connectivity index (χ1) is 11.9. The molecule has 0 amide bonds. The van der Waals surface area contributed by atoms with Crippen LogP contribution in [0.4, 0.5) is 13.2 Å². The molecule has 0 N–H and O–H groups in total. The van der Waals surface area contributed by atoms with E-state index in [1.165, 1.54) is 27.4 Å². The number of aryl methyl sites for hydroxylation is 1. The number of rotatable bonds is 1. The van der Waals surface area contributed by atoms with E-state index in [1.807, 2.05) is 0 Å². The fourth-order valence-electron chi connectivity index (χ4n) is 2.84. The highest BCUT2D eigenvalue weighted by Gasteiger charge is 2.33. The largest absolute Gasteiger partial charge is 0.433 e. The molecule has 0 fully saturated rings. The molecule has 126 valence electrons. The van der Waals surface area contributed by atoms with Gasteiger partial charge in [0.2, 0.25) is 5.65 Å². The van der Waals surface area contributed by atoms with Crippen molar-refractivity contribution >= 4 is 16.8 Å². The molecule has 0 aliphatic heterocycles. The fraction of sp³-hybridized carbons (Fsp3) is 0.118. The Balaban J connectivity index is 2.23. The lowest BCUT2D eigenvalue weighted by atomic mass is 10.2. The van der Waals surface area contributed by atoms with Gasteiger partial charge in [-0.3, -0.25) is 13.8 Å². The average Bonchev–Trinajstić information content (AvgIpc) is 3.05. The van der Waals surface area contributed by atoms with Gasteiger partial charge in [-0.25, -0.2) is 9.97 Å². The van der Waals surface area contributed by atoms with Crippen LogP contribution in [-0.4, -0.2) is 18.9 Å². The van der Waals surface area contributed by atoms with Crippen molar-refractivity contribution in [2.75, 3.05) is 0 Å². The summed E-state index contributed by atoms with van der Waals surface area (Å²) in [5, 5.41) is 0. The van der Waals surface area contributed by atoms with E-state index in [1.54, 1.807) is 31.2 Å². The lowest BCUT2D eigenvalue weighted by Gasteiger charge is -2.15. The van der Waals surface area contributed by atoms with Gasteiger partial charge in [-0.1, -0.05) is 18.2 Å². The van der Waals surface area contributed by atoms with Gasteiger partial charge >= 0.3 is 6.18 Å². The Morgan fingerprint density at radius 1 is 1.04 bits per heavy atom. The van der Waals surface area contributed by atoms with Gasteiger partial charge < -0.3 is 0 Å². The molecule has 4 aromatic rings. The monoisotopic (exact) mass is 344 g/mol. The van der Waals surface area contributed by atoms with Crippen LogP contribution in [0.2, 0.25) is 0 Å². The lowest BCUT2D eigenvalue weighted by Crippen LogP contribution is -2.24. The van der Waals surface area contributed by atoms with Crippen LogP contribution in [0.15, 0.2) is 53.6 Å². The topological polar surface area (TPSA) is 52.2 Å². The first kappa shape index (κ1) is 15.4. The normalized spacial score (nSPS) is 12.2. The number of aromatic nitrogens is 4. The smallest absolute Gasteiger partial charge is 0.292 e. The summed E-state index contributed by atoms with van der Waals surface area (Å²) in [5.74, 6) is 0. The van der Waals surface area contributed by atoms with Crippen molar-refractivity contribution in [3.8, 4) is 5.69 Å². The summed E-state index contributed by atoms with van der Waals surface area (Å²) in [5.41, 5.74) is 0.0379. The molecule has 0 atom stereocenters. The number of nitrogens with zero attached hydrogens (tertiary/aromatic N) is 4. The third-order valence-corrected chi connectivity index (χ3v) is 4.01. The first-order valence-electron chi connectivity index (χ1n) is 7.40. The fourth-order valence-corrected chi connectivity index (χ4v) is 2.84. The maximum atomic E-state index is 13.1. The summed E-state index contributed by atoms with van der Waals surface area (Å²) in [7, 11) is 0. The van der Waals surface area contributed by atoms with E-state index in [0.29, 0.717) is 11.2 Å². The van der Waals surface area contributed by atoms with E-state index < -0.39 is 17.4 Å². The van der Waals surface area contributed by atoms with Crippen LogP contribution in [0.1, 0.15) is 11.3 Å². The van der Waals surface area contributed by atoms with Gasteiger partial charge in [0.25, 0.3) is 5.56 Å². The third-order valence-electron chi connectivity index (χ3n) is 4.01. The second kappa shape index (κ2) is 5.17. The van der Waals surface area contributed by atoms with Gasteiger partial charge in [0, 0.05) is 12.4 Å². The Bertz CT molecular complexity index is 1170. The van der Waals surface area contributed by atoms with Gasteiger partial charge in [-0.05, 0) is 30.7 Å². The summed E-state index contributed by atoms with van der Waals surface area (Å²) in [4.78, 5) is 20.7. The Hall–Kier alpha value is -3.16. The van der Waals surface area contributed by atoms with E-state index in [0.717, 1.165) is 11.6 Å². The summed E-state index contributed by atoms with van der Waals surface area (Å²) < 4.78 is 42.0. The van der Waals surface area contributed by atoms with Crippen molar-refractivity contribution in [3.05, 3.63) is 70.4 Å². The number of halogens is 3. The molecule has 0 aliphatic rings. The van der Waals surface area contributed by atoms with Crippen LogP contribution in [0.5, 0.6) is 0 Å². The molecule has 0 saturated carbocycles. The molecule has 3 heterocycles. The summed E-state index contributed by atoms with van der Waals surface area (Å²) >= 11 is 0. The van der Waals surface area contributed by atoms with Gasteiger partial charge in [0.1, 0.15) is 5.69 Å². The summed E-state index contributed by atoms with van der Waals surface area (Å²) in [6, 6.07) is 9.13. The van der Waals surface area contributed by atoms with E-state index in [2.05, 4.69) is 9.97 Å². The Labute approximate surface area is 139 Å². The van der Waals surface area contributed by atoms with Crippen molar-refractivity contribution < 1.29 is 13.2 Å². The zero-order chi connectivity index (χ0) is 17.8. The highest BCUT2D eigenvalue weighted by Crippen LogP contribution is 2.29. The molecule has 0 unspecified atom stereocenters. The van der Waals surface area contributed by atoms with Crippen molar-refractivity contribution in [2.45, 2.75) is 13.1 Å². The van der Waals surface area contributed by atoms with Crippen molar-refractivity contribution in [3.63, 3.8) is 0 Å². The number of hydrogen-bond acceptors (Lipinski definition) is 3. The van der Waals surface area contributed by atoms with Crippen LogP contribution in [0, 0.1) is 6.92 Å². The van der Waals surface area contributed by atoms with Crippen LogP contribution in [-0.2, 0) is 6.18 Å². The maximum Gasteiger partial charge on any atom is 0.433 e. The van der Waals surface area contributed by atoms with Crippen LogP contribution >= 0.6 is 0 Å². The molecule has 0 aliphatic carbocycles. The van der Waals surface area contributed by atoms with Crippen LogP contribution < -0.4 is 5.56 Å². The standard InChI is InChI=1S/C17H11F3N4O/c1-10-4-2-3-5-11(10)24-14-12(6-7-13(22-14)17(18,19)20)23-9-8-21-15(23)16(24)25/h2-9H,1H3. The molecular formula is C17H11F3N4O. The Morgan fingerprint density at radius 3 is 2.52 bits per heavy atom. The second-order valence-electron chi connectivity index (χ2n) is 5.58. The van der Waals surface area contributed by atoms with Crippen molar-refractivity contribution in [1.29, 1.82) is 0 Å². The van der Waals surface area contributed by atoms with Gasteiger partial charge in [0.05, 0.1) is 11.2 Å². The molecule has 0 saturated heterocycles. The molecule has 3 aromatic heterocycles. The zero-order valence-electron chi connectivity index (χ0n) is 12.9. The highest BCUT2D eigenvalue weighted by atomic mass is 19.4. The third kappa shape index (κ3) is 2.29. The van der Waals surface area contributed by atoms with Gasteiger partial charge in [-0.15, -0.1) is 0 Å². The summed E-state index contributed by atoms with van der Waals surface area (Å²) in [6.45, 7) is 1.77. The molecule has 0 spiro atoms. The SMILES string of the molecule is Cc1ccccc1-n1c(=O)c2nccn2c2ccc(C(F)(F)F)nc21. The quantitative estimate of drug-likeness (QED) is 0.532. The number of hydrogen-bond donors (Lipinski definition) is 0. The molecular weight excluding hydrogens is 333 g/mol. The van der Waals surface area contributed by atoms with Crippen molar-refractivity contribution in [1.82, 2.24) is 18.9 Å². The molecule has 0 bridgehead atoms. The predicted molar refractivity (Wildman–Crippen MR) is 85.8 cm³/mol. The van der Waals surface area contributed by atoms with Crippen molar-refractivity contribution in [2.24, 2.45) is 0 Å². The number of fused-ring (bicyclic) bond motifs is 3. The van der Waals surface area contributed by atoms with Gasteiger partial charge in [0.15, 0.2) is 5.65 Å². The number of para-hydroxylation sites is 1. The van der Waals surface area contributed by atoms with E-state index in [9.17, 15) is 18.0 Å². The average molecular weight is 344 g/mol. The lowest BCUT2D eigenvalue weighted by molar-refractivity contribution is -0.141. The molecule has 8 heteroatoms.